The highest BCUT2D eigenvalue weighted by molar-refractivity contribution is 5.68. The first kappa shape index (κ1) is 10.7. The lowest BCUT2D eigenvalue weighted by molar-refractivity contribution is -0.401. The molecule has 0 bridgehead atoms. The molecule has 0 saturated carbocycles. The van der Waals surface area contributed by atoms with Crippen LogP contribution in [0.1, 0.15) is 25.0 Å². The second-order valence-corrected chi connectivity index (χ2v) is 4.67. The van der Waals surface area contributed by atoms with E-state index in [0.29, 0.717) is 5.70 Å². The molecule has 4 nitrogen and oxygen atoms in total. The van der Waals surface area contributed by atoms with Crippen molar-refractivity contribution in [3.8, 4) is 0 Å². The molecule has 0 aliphatic carbocycles. The van der Waals surface area contributed by atoms with Gasteiger partial charge in [0.2, 0.25) is 0 Å². The van der Waals surface area contributed by atoms with E-state index in [9.17, 15) is 10.1 Å². The third-order valence-electron chi connectivity index (χ3n) is 2.65. The topological polar surface area (TPSA) is 55.2 Å². The van der Waals surface area contributed by atoms with Gasteiger partial charge >= 0.3 is 0 Å². The van der Waals surface area contributed by atoms with Crippen molar-refractivity contribution >= 4 is 5.70 Å². The van der Waals surface area contributed by atoms with E-state index in [2.05, 4.69) is 5.32 Å². The molecule has 1 N–H and O–H groups in total. The first-order valence-corrected chi connectivity index (χ1v) is 5.20. The van der Waals surface area contributed by atoms with E-state index in [1.807, 2.05) is 38.1 Å². The maximum Gasteiger partial charge on any atom is 0.258 e. The van der Waals surface area contributed by atoms with Crippen LogP contribution in [0.3, 0.4) is 0 Å². The molecule has 0 aromatic heterocycles. The normalized spacial score (nSPS) is 20.0. The summed E-state index contributed by atoms with van der Waals surface area (Å²) >= 11 is 0. The summed E-state index contributed by atoms with van der Waals surface area (Å²) in [6.07, 6.45) is 1.91. The van der Waals surface area contributed by atoms with E-state index in [1.54, 1.807) is 0 Å². The Balaban J connectivity index is 2.52. The predicted molar refractivity (Wildman–Crippen MR) is 62.3 cm³/mol. The molecule has 0 atom stereocenters. The Morgan fingerprint density at radius 3 is 2.81 bits per heavy atom. The van der Waals surface area contributed by atoms with E-state index >= 15 is 0 Å². The fourth-order valence-corrected chi connectivity index (χ4v) is 2.10. The zero-order valence-corrected chi connectivity index (χ0v) is 9.36. The van der Waals surface area contributed by atoms with Gasteiger partial charge in [-0.1, -0.05) is 24.3 Å². The number of fused-ring (bicyclic) bond motifs is 1. The van der Waals surface area contributed by atoms with Crippen LogP contribution in [0.4, 0.5) is 0 Å². The monoisotopic (exact) mass is 218 g/mol. The number of nitrogens with one attached hydrogen (secondary N) is 1. The zero-order valence-electron chi connectivity index (χ0n) is 9.36. The van der Waals surface area contributed by atoms with Crippen LogP contribution in [-0.2, 0) is 6.42 Å². The van der Waals surface area contributed by atoms with Gasteiger partial charge in [-0.05, 0) is 25.8 Å². The van der Waals surface area contributed by atoms with Gasteiger partial charge in [0.15, 0.2) is 0 Å². The number of nitrogens with zero attached hydrogens (tertiary/aromatic N) is 1. The summed E-state index contributed by atoms with van der Waals surface area (Å²) < 4.78 is 0. The molecular weight excluding hydrogens is 204 g/mol. The molecule has 0 unspecified atom stereocenters. The molecule has 4 heteroatoms. The molecule has 0 radical (unpaired) electrons. The lowest BCUT2D eigenvalue weighted by atomic mass is 9.86. The fraction of sp³-hybridized carbons (Fsp3) is 0.333. The van der Waals surface area contributed by atoms with Crippen molar-refractivity contribution in [1.82, 2.24) is 5.32 Å². The summed E-state index contributed by atoms with van der Waals surface area (Å²) in [7, 11) is 0. The largest absolute Gasteiger partial charge is 0.374 e. The molecule has 0 amide bonds. The molecule has 1 aliphatic rings. The third-order valence-corrected chi connectivity index (χ3v) is 2.65. The van der Waals surface area contributed by atoms with Crippen molar-refractivity contribution in [1.29, 1.82) is 0 Å². The van der Waals surface area contributed by atoms with Gasteiger partial charge in [0, 0.05) is 11.1 Å². The van der Waals surface area contributed by atoms with E-state index in [4.69, 9.17) is 0 Å². The predicted octanol–water partition coefficient (Wildman–Crippen LogP) is 2.19. The van der Waals surface area contributed by atoms with Crippen LogP contribution >= 0.6 is 0 Å². The van der Waals surface area contributed by atoms with Crippen molar-refractivity contribution in [3.63, 3.8) is 0 Å². The molecule has 0 spiro atoms. The Kier molecular flexibility index (Phi) is 2.42. The van der Waals surface area contributed by atoms with E-state index < -0.39 is 4.92 Å². The minimum Gasteiger partial charge on any atom is -0.374 e. The maximum absolute atomic E-state index is 10.6. The number of hydrogen-bond donors (Lipinski definition) is 1. The summed E-state index contributed by atoms with van der Waals surface area (Å²) in [5, 5.41) is 13.8. The van der Waals surface area contributed by atoms with Crippen molar-refractivity contribution in [2.45, 2.75) is 25.8 Å². The van der Waals surface area contributed by atoms with Crippen molar-refractivity contribution in [3.05, 3.63) is 51.7 Å². The first-order chi connectivity index (χ1) is 7.48. The minimum atomic E-state index is -0.416. The molecular formula is C12H14N2O2. The Morgan fingerprint density at radius 1 is 1.44 bits per heavy atom. The van der Waals surface area contributed by atoms with Gasteiger partial charge < -0.3 is 5.32 Å². The maximum atomic E-state index is 10.6. The van der Waals surface area contributed by atoms with E-state index in [1.165, 1.54) is 0 Å². The third kappa shape index (κ3) is 2.05. The van der Waals surface area contributed by atoms with Crippen molar-refractivity contribution in [2.24, 2.45) is 0 Å². The standard InChI is InChI=1S/C12H14N2O2/c1-12(2)7-9-5-3-4-6-10(9)11(13-12)8-14(15)16/h3-6,8,13H,7H2,1-2H3. The molecule has 1 aromatic rings. The van der Waals surface area contributed by atoms with Gasteiger partial charge in [0.05, 0.1) is 4.92 Å². The Morgan fingerprint density at radius 2 is 2.12 bits per heavy atom. The summed E-state index contributed by atoms with van der Waals surface area (Å²) in [5.74, 6) is 0. The number of benzene rings is 1. The molecule has 2 rings (SSSR count). The molecule has 84 valence electrons. The molecule has 0 saturated heterocycles. The highest BCUT2D eigenvalue weighted by Crippen LogP contribution is 2.29. The summed E-state index contributed by atoms with van der Waals surface area (Å²) in [6, 6.07) is 7.79. The van der Waals surface area contributed by atoms with Crippen molar-refractivity contribution in [2.75, 3.05) is 0 Å². The quantitative estimate of drug-likeness (QED) is 0.580. The van der Waals surface area contributed by atoms with E-state index in [0.717, 1.165) is 23.7 Å². The van der Waals surface area contributed by atoms with Gasteiger partial charge in [-0.3, -0.25) is 10.1 Å². The van der Waals surface area contributed by atoms with Crippen LogP contribution in [0.2, 0.25) is 0 Å². The van der Waals surface area contributed by atoms with Crippen LogP contribution in [0.5, 0.6) is 0 Å². The summed E-state index contributed by atoms with van der Waals surface area (Å²) in [6.45, 7) is 4.08. The number of rotatable bonds is 1. The molecule has 1 aromatic carbocycles. The highest BCUT2D eigenvalue weighted by Gasteiger charge is 2.28. The van der Waals surface area contributed by atoms with Crippen molar-refractivity contribution < 1.29 is 4.92 Å². The average molecular weight is 218 g/mol. The van der Waals surface area contributed by atoms with Crippen LogP contribution in [0, 0.1) is 10.1 Å². The van der Waals surface area contributed by atoms with Gasteiger partial charge in [-0.25, -0.2) is 0 Å². The molecule has 1 aliphatic heterocycles. The highest BCUT2D eigenvalue weighted by atomic mass is 16.6. The Hall–Kier alpha value is -1.84. The number of hydrogen-bond acceptors (Lipinski definition) is 3. The average Bonchev–Trinajstić information content (AvgIpc) is 2.14. The first-order valence-electron chi connectivity index (χ1n) is 5.20. The summed E-state index contributed by atoms with van der Waals surface area (Å²) in [5.41, 5.74) is 2.53. The number of nitro groups is 1. The van der Waals surface area contributed by atoms with Gasteiger partial charge in [-0.15, -0.1) is 0 Å². The Labute approximate surface area is 94.1 Å². The van der Waals surface area contributed by atoms with Gasteiger partial charge in [0.25, 0.3) is 6.20 Å². The zero-order chi connectivity index (χ0) is 11.8. The fourth-order valence-electron chi connectivity index (χ4n) is 2.10. The van der Waals surface area contributed by atoms with E-state index in [-0.39, 0.29) is 5.54 Å². The molecule has 1 heterocycles. The van der Waals surface area contributed by atoms with Crippen LogP contribution in [0.15, 0.2) is 30.5 Å². The van der Waals surface area contributed by atoms with Gasteiger partial charge in [0.1, 0.15) is 5.70 Å². The Bertz CT molecular complexity index is 464. The van der Waals surface area contributed by atoms with Crippen LogP contribution in [-0.4, -0.2) is 10.5 Å². The van der Waals surface area contributed by atoms with Gasteiger partial charge in [-0.2, -0.15) is 0 Å². The summed E-state index contributed by atoms with van der Waals surface area (Å²) in [4.78, 5) is 10.2. The SMILES string of the molecule is CC1(C)Cc2ccccc2C(=C[N+](=O)[O-])N1. The molecule has 0 fully saturated rings. The second kappa shape index (κ2) is 3.63. The smallest absolute Gasteiger partial charge is 0.258 e. The minimum absolute atomic E-state index is 0.143. The lowest BCUT2D eigenvalue weighted by Crippen LogP contribution is -2.43. The molecule has 16 heavy (non-hydrogen) atoms. The van der Waals surface area contributed by atoms with Crippen LogP contribution < -0.4 is 5.32 Å². The second-order valence-electron chi connectivity index (χ2n) is 4.67. The van der Waals surface area contributed by atoms with Crippen LogP contribution in [0.25, 0.3) is 5.70 Å². The lowest BCUT2D eigenvalue weighted by Gasteiger charge is -2.34.